The zero-order valence-corrected chi connectivity index (χ0v) is 7.66. The summed E-state index contributed by atoms with van der Waals surface area (Å²) in [6.07, 6.45) is 1.96. The van der Waals surface area contributed by atoms with Crippen molar-refractivity contribution in [3.63, 3.8) is 0 Å². The van der Waals surface area contributed by atoms with Crippen molar-refractivity contribution in [1.82, 2.24) is 31.3 Å². The molecule has 0 saturated carbocycles. The zero-order chi connectivity index (χ0) is 9.80. The quantitative estimate of drug-likeness (QED) is 0.550. The smallest absolute Gasteiger partial charge is 0.237 e. The molecule has 0 bridgehead atoms. The van der Waals surface area contributed by atoms with Crippen molar-refractivity contribution in [2.45, 2.75) is 25.4 Å². The Morgan fingerprint density at radius 3 is 3.21 bits per heavy atom. The molecule has 7 heteroatoms. The lowest BCUT2D eigenvalue weighted by molar-refractivity contribution is -0.122. The molecule has 76 valence electrons. The molecule has 1 aliphatic heterocycles. The first-order chi connectivity index (χ1) is 6.86. The number of carbonyl (C=O) groups excluding carboxylic acids is 1. The van der Waals surface area contributed by atoms with Gasteiger partial charge in [-0.05, 0) is 19.4 Å². The van der Waals surface area contributed by atoms with Crippen LogP contribution in [0.5, 0.6) is 0 Å². The topological polar surface area (TPSA) is 95.6 Å². The van der Waals surface area contributed by atoms with Crippen LogP contribution in [-0.4, -0.2) is 39.1 Å². The van der Waals surface area contributed by atoms with Crippen LogP contribution in [0.3, 0.4) is 0 Å². The molecule has 1 atom stereocenters. The Balaban J connectivity index is 1.77. The van der Waals surface area contributed by atoms with Gasteiger partial charge in [0.1, 0.15) is 0 Å². The van der Waals surface area contributed by atoms with E-state index in [-0.39, 0.29) is 11.9 Å². The monoisotopic (exact) mass is 196 g/mol. The Morgan fingerprint density at radius 1 is 1.64 bits per heavy atom. The molecule has 1 aliphatic rings. The van der Waals surface area contributed by atoms with Gasteiger partial charge in [0, 0.05) is 0 Å². The van der Waals surface area contributed by atoms with Crippen molar-refractivity contribution in [3.05, 3.63) is 5.82 Å². The number of H-pyrrole nitrogens is 1. The van der Waals surface area contributed by atoms with Crippen molar-refractivity contribution in [2.24, 2.45) is 0 Å². The molecule has 0 unspecified atom stereocenters. The van der Waals surface area contributed by atoms with E-state index in [2.05, 4.69) is 31.3 Å². The number of carbonyl (C=O) groups is 1. The number of hydrogen-bond acceptors (Lipinski definition) is 5. The number of amides is 1. The molecule has 0 aliphatic carbocycles. The normalized spacial score (nSPS) is 21.0. The van der Waals surface area contributed by atoms with E-state index in [0.717, 1.165) is 19.4 Å². The van der Waals surface area contributed by atoms with Crippen LogP contribution in [0.15, 0.2) is 0 Å². The summed E-state index contributed by atoms with van der Waals surface area (Å²) in [4.78, 5) is 11.5. The van der Waals surface area contributed by atoms with Crippen molar-refractivity contribution < 1.29 is 4.79 Å². The largest absolute Gasteiger partial charge is 0.347 e. The van der Waals surface area contributed by atoms with Gasteiger partial charge in [-0.25, -0.2) is 0 Å². The predicted octanol–water partition coefficient (Wildman–Crippen LogP) is -1.43. The number of tetrazole rings is 1. The molecule has 1 amide bonds. The van der Waals surface area contributed by atoms with E-state index in [9.17, 15) is 4.79 Å². The molecule has 1 saturated heterocycles. The van der Waals surface area contributed by atoms with E-state index in [4.69, 9.17) is 0 Å². The van der Waals surface area contributed by atoms with E-state index in [1.807, 2.05) is 0 Å². The van der Waals surface area contributed by atoms with Gasteiger partial charge in [-0.2, -0.15) is 5.21 Å². The highest BCUT2D eigenvalue weighted by atomic mass is 16.2. The van der Waals surface area contributed by atoms with Crippen LogP contribution in [-0.2, 0) is 11.3 Å². The van der Waals surface area contributed by atoms with Gasteiger partial charge in [0.25, 0.3) is 0 Å². The van der Waals surface area contributed by atoms with Crippen molar-refractivity contribution in [2.75, 3.05) is 6.54 Å². The first kappa shape index (κ1) is 9.07. The maximum Gasteiger partial charge on any atom is 0.237 e. The van der Waals surface area contributed by atoms with Gasteiger partial charge in [0.2, 0.25) is 5.91 Å². The highest BCUT2D eigenvalue weighted by Crippen LogP contribution is 2.04. The van der Waals surface area contributed by atoms with Gasteiger partial charge in [-0.1, -0.05) is 5.21 Å². The molecule has 1 aromatic heterocycles. The van der Waals surface area contributed by atoms with Crippen LogP contribution in [0.4, 0.5) is 0 Å². The Bertz CT molecular complexity index is 291. The Morgan fingerprint density at radius 2 is 2.57 bits per heavy atom. The number of nitrogens with one attached hydrogen (secondary N) is 3. The number of hydrogen-bond donors (Lipinski definition) is 3. The molecule has 0 radical (unpaired) electrons. The molecule has 1 aromatic rings. The van der Waals surface area contributed by atoms with Crippen LogP contribution in [0.25, 0.3) is 0 Å². The van der Waals surface area contributed by atoms with E-state index < -0.39 is 0 Å². The van der Waals surface area contributed by atoms with Gasteiger partial charge >= 0.3 is 0 Å². The van der Waals surface area contributed by atoms with Gasteiger partial charge in [-0.15, -0.1) is 10.2 Å². The number of rotatable bonds is 3. The second kappa shape index (κ2) is 4.14. The van der Waals surface area contributed by atoms with Gasteiger partial charge in [0.05, 0.1) is 12.6 Å². The minimum Gasteiger partial charge on any atom is -0.347 e. The summed E-state index contributed by atoms with van der Waals surface area (Å²) in [6.45, 7) is 1.24. The summed E-state index contributed by atoms with van der Waals surface area (Å²) >= 11 is 0. The van der Waals surface area contributed by atoms with Gasteiger partial charge < -0.3 is 10.6 Å². The molecule has 0 spiro atoms. The lowest BCUT2D eigenvalue weighted by Gasteiger charge is -2.08. The van der Waals surface area contributed by atoms with Crippen LogP contribution in [0, 0.1) is 0 Å². The summed E-state index contributed by atoms with van der Waals surface area (Å²) in [5.74, 6) is 0.503. The molecule has 1 fully saturated rings. The second-order valence-corrected chi connectivity index (χ2v) is 3.19. The standard InChI is InChI=1S/C7H12N6O/c14-7(5-2-1-3-8-5)9-4-6-10-12-13-11-6/h5,8H,1-4H2,(H,9,14)(H,10,11,12,13)/t5-/m1/s1. The summed E-state index contributed by atoms with van der Waals surface area (Å²) < 4.78 is 0. The maximum atomic E-state index is 11.5. The predicted molar refractivity (Wildman–Crippen MR) is 47.0 cm³/mol. The zero-order valence-electron chi connectivity index (χ0n) is 7.66. The first-order valence-corrected chi connectivity index (χ1v) is 4.59. The van der Waals surface area contributed by atoms with E-state index in [1.165, 1.54) is 0 Å². The molecular formula is C7H12N6O. The number of nitrogens with zero attached hydrogens (tertiary/aromatic N) is 3. The average molecular weight is 196 g/mol. The lowest BCUT2D eigenvalue weighted by atomic mass is 10.2. The number of aromatic amines is 1. The Kier molecular flexibility index (Phi) is 2.68. The fourth-order valence-corrected chi connectivity index (χ4v) is 1.46. The molecular weight excluding hydrogens is 184 g/mol. The molecule has 2 rings (SSSR count). The van der Waals surface area contributed by atoms with E-state index >= 15 is 0 Å². The third-order valence-electron chi connectivity index (χ3n) is 2.19. The molecule has 2 heterocycles. The van der Waals surface area contributed by atoms with Crippen LogP contribution in [0.1, 0.15) is 18.7 Å². The molecule has 3 N–H and O–H groups in total. The lowest BCUT2D eigenvalue weighted by Crippen LogP contribution is -2.40. The van der Waals surface area contributed by atoms with Crippen LogP contribution < -0.4 is 10.6 Å². The van der Waals surface area contributed by atoms with E-state index in [0.29, 0.717) is 12.4 Å². The van der Waals surface area contributed by atoms with Gasteiger partial charge in [-0.3, -0.25) is 4.79 Å². The van der Waals surface area contributed by atoms with Crippen molar-refractivity contribution in [1.29, 1.82) is 0 Å². The second-order valence-electron chi connectivity index (χ2n) is 3.19. The average Bonchev–Trinajstić information content (AvgIpc) is 2.87. The van der Waals surface area contributed by atoms with Gasteiger partial charge in [0.15, 0.2) is 5.82 Å². The van der Waals surface area contributed by atoms with Crippen molar-refractivity contribution >= 4 is 5.91 Å². The molecule has 7 nitrogen and oxygen atoms in total. The number of aromatic nitrogens is 4. The minimum atomic E-state index is -0.0538. The van der Waals surface area contributed by atoms with Crippen LogP contribution in [0.2, 0.25) is 0 Å². The highest BCUT2D eigenvalue weighted by Gasteiger charge is 2.21. The summed E-state index contributed by atoms with van der Waals surface area (Å²) in [7, 11) is 0. The first-order valence-electron chi connectivity index (χ1n) is 4.59. The summed E-state index contributed by atoms with van der Waals surface area (Å²) in [5, 5.41) is 19.0. The fourth-order valence-electron chi connectivity index (χ4n) is 1.46. The fraction of sp³-hybridized carbons (Fsp3) is 0.714. The summed E-state index contributed by atoms with van der Waals surface area (Å²) in [6, 6.07) is -0.0538. The Labute approximate surface area is 80.6 Å². The SMILES string of the molecule is O=C(NCc1nn[nH]n1)[C@H]1CCCN1. The molecule has 14 heavy (non-hydrogen) atoms. The highest BCUT2D eigenvalue weighted by molar-refractivity contribution is 5.81. The minimum absolute atomic E-state index is 0.00676. The summed E-state index contributed by atoms with van der Waals surface area (Å²) in [5.41, 5.74) is 0. The van der Waals surface area contributed by atoms with Crippen LogP contribution >= 0.6 is 0 Å². The maximum absolute atomic E-state index is 11.5. The van der Waals surface area contributed by atoms with E-state index in [1.54, 1.807) is 0 Å². The Hall–Kier alpha value is -1.50. The van der Waals surface area contributed by atoms with Crippen molar-refractivity contribution in [3.8, 4) is 0 Å². The molecule has 0 aromatic carbocycles. The third-order valence-corrected chi connectivity index (χ3v) is 2.19. The third kappa shape index (κ3) is 2.05.